The summed E-state index contributed by atoms with van der Waals surface area (Å²) in [5.74, 6) is -5.21. The molecule has 0 bridgehead atoms. The number of ether oxygens (including phenoxy) is 1. The van der Waals surface area contributed by atoms with Crippen molar-refractivity contribution >= 4 is 72.8 Å². The normalized spacial score (nSPS) is 31.2. The molecule has 2 aromatic carbocycles. The van der Waals surface area contributed by atoms with Crippen molar-refractivity contribution in [1.29, 1.82) is 0 Å². The zero-order valence-corrected chi connectivity index (χ0v) is 29.1. The summed E-state index contributed by atoms with van der Waals surface area (Å²) in [4.78, 5) is 59.8. The van der Waals surface area contributed by atoms with E-state index in [0.717, 1.165) is 48.6 Å². The summed E-state index contributed by atoms with van der Waals surface area (Å²) in [6.45, 7) is 1.76. The molecular weight excluding hydrogens is 747 g/mol. The first-order valence-corrected chi connectivity index (χ1v) is 17.5. The zero-order chi connectivity index (χ0) is 32.8. The summed E-state index contributed by atoms with van der Waals surface area (Å²) < 4.78 is 20.4. The standard InChI is InChI=1S/C34H32Br2ClFN2O6/c1-34-21(31(43)40(33(34)45)16-8-11-23(38)22(37)12-16)13-19-17(26(34)20-14-24(46-2)29(41)28(36)27(20)35)9-10-18-25(19)32(44)39(30(18)42)15-6-4-3-5-7-15/h8-9,11-12,14-15,18-19,21,25-26,41H,3-7,10,13H2,1-2H3/t18-,19+,21-,25-,26+,34+/m0/s1. The molecule has 2 aromatic rings. The van der Waals surface area contributed by atoms with Crippen LogP contribution in [-0.4, -0.2) is 46.8 Å². The van der Waals surface area contributed by atoms with Crippen LogP contribution < -0.4 is 9.64 Å². The Morgan fingerprint density at radius 1 is 1.00 bits per heavy atom. The maximum atomic E-state index is 14.7. The second-order valence-corrected chi connectivity index (χ2v) is 15.2. The first kappa shape index (κ1) is 31.8. The smallest absolute Gasteiger partial charge is 0.241 e. The van der Waals surface area contributed by atoms with Gasteiger partial charge in [0.25, 0.3) is 0 Å². The predicted molar refractivity (Wildman–Crippen MR) is 175 cm³/mol. The number of methoxy groups -OCH3 is 1. The molecule has 242 valence electrons. The number of nitrogens with zero attached hydrogens (tertiary/aromatic N) is 2. The van der Waals surface area contributed by atoms with E-state index in [1.807, 2.05) is 6.08 Å². The number of carbonyl (C=O) groups excluding carboxylic acids is 4. The maximum Gasteiger partial charge on any atom is 0.241 e. The number of phenolic OH excluding ortho intramolecular Hbond substituents is 1. The molecule has 0 aromatic heterocycles. The third-order valence-corrected chi connectivity index (χ3v) is 13.6. The maximum absolute atomic E-state index is 14.7. The molecule has 6 atom stereocenters. The lowest BCUT2D eigenvalue weighted by molar-refractivity contribution is -0.144. The van der Waals surface area contributed by atoms with Gasteiger partial charge in [0.1, 0.15) is 5.82 Å². The van der Waals surface area contributed by atoms with Crippen LogP contribution in [-0.2, 0) is 19.2 Å². The number of imide groups is 2. The van der Waals surface area contributed by atoms with Crippen molar-refractivity contribution in [1.82, 2.24) is 4.90 Å². The Kier molecular flexibility index (Phi) is 7.91. The average Bonchev–Trinajstić information content (AvgIpc) is 3.41. The highest BCUT2D eigenvalue weighted by Gasteiger charge is 2.68. The van der Waals surface area contributed by atoms with Gasteiger partial charge in [0.2, 0.25) is 23.6 Å². The second-order valence-electron chi connectivity index (χ2n) is 13.2. The Morgan fingerprint density at radius 2 is 1.72 bits per heavy atom. The van der Waals surface area contributed by atoms with Gasteiger partial charge in [0.05, 0.1) is 45.5 Å². The number of fused-ring (bicyclic) bond motifs is 4. The van der Waals surface area contributed by atoms with Crippen LogP contribution in [0.3, 0.4) is 0 Å². The van der Waals surface area contributed by atoms with Gasteiger partial charge in [-0.05, 0) is 100 Å². The lowest BCUT2D eigenvalue weighted by Crippen LogP contribution is -2.49. The number of carbonyl (C=O) groups is 4. The SMILES string of the molecule is COc1cc([C@H]2C3=CC[C@@H]4C(=O)N(C5CCCCC5)C(=O)[C@@H]4[C@@H]3C[C@H]3C(=O)N(c4ccc(F)c(Cl)c4)C(=O)[C@@]23C)c(Br)c(Br)c1O. The number of anilines is 1. The van der Waals surface area contributed by atoms with E-state index >= 15 is 0 Å². The molecule has 4 amide bonds. The molecule has 2 saturated heterocycles. The third-order valence-electron chi connectivity index (χ3n) is 11.1. The summed E-state index contributed by atoms with van der Waals surface area (Å²) in [6, 6.07) is 5.27. The van der Waals surface area contributed by atoms with Gasteiger partial charge < -0.3 is 9.84 Å². The van der Waals surface area contributed by atoms with E-state index in [1.165, 1.54) is 24.1 Å². The molecule has 2 aliphatic heterocycles. The Bertz CT molecular complexity index is 1740. The Morgan fingerprint density at radius 3 is 2.39 bits per heavy atom. The number of benzene rings is 2. The van der Waals surface area contributed by atoms with Crippen LogP contribution in [0, 0.1) is 34.9 Å². The number of hydrogen-bond acceptors (Lipinski definition) is 6. The van der Waals surface area contributed by atoms with Crippen LogP contribution in [0.2, 0.25) is 5.02 Å². The van der Waals surface area contributed by atoms with Gasteiger partial charge in [-0.15, -0.1) is 0 Å². The van der Waals surface area contributed by atoms with E-state index in [4.69, 9.17) is 16.3 Å². The molecule has 12 heteroatoms. The molecule has 8 nitrogen and oxygen atoms in total. The van der Waals surface area contributed by atoms with E-state index < -0.39 is 52.6 Å². The highest BCUT2D eigenvalue weighted by molar-refractivity contribution is 9.13. The molecule has 7 rings (SSSR count). The summed E-state index contributed by atoms with van der Waals surface area (Å²) in [5, 5.41) is 10.6. The Labute approximate surface area is 287 Å². The monoisotopic (exact) mass is 776 g/mol. The predicted octanol–water partition coefficient (Wildman–Crippen LogP) is 7.28. The van der Waals surface area contributed by atoms with Crippen molar-refractivity contribution in [3.63, 3.8) is 0 Å². The fraction of sp³-hybridized carbons (Fsp3) is 0.471. The number of amides is 4. The number of aromatic hydroxyl groups is 1. The van der Waals surface area contributed by atoms with Crippen molar-refractivity contribution in [2.24, 2.45) is 29.1 Å². The number of phenols is 1. The lowest BCUT2D eigenvalue weighted by atomic mass is 9.51. The molecule has 0 spiro atoms. The van der Waals surface area contributed by atoms with E-state index in [0.29, 0.717) is 20.9 Å². The Hall–Kier alpha value is -2.76. The molecule has 2 heterocycles. The minimum Gasteiger partial charge on any atom is -0.503 e. The fourth-order valence-corrected chi connectivity index (χ4v) is 10.1. The largest absolute Gasteiger partial charge is 0.503 e. The highest BCUT2D eigenvalue weighted by atomic mass is 79.9. The highest BCUT2D eigenvalue weighted by Crippen LogP contribution is 2.65. The van der Waals surface area contributed by atoms with Gasteiger partial charge in [0, 0.05) is 16.4 Å². The average molecular weight is 779 g/mol. The summed E-state index contributed by atoms with van der Waals surface area (Å²) in [5.41, 5.74) is 0.215. The van der Waals surface area contributed by atoms with E-state index in [2.05, 4.69) is 31.9 Å². The summed E-state index contributed by atoms with van der Waals surface area (Å²) in [7, 11) is 1.42. The zero-order valence-electron chi connectivity index (χ0n) is 25.2. The molecule has 0 radical (unpaired) electrons. The van der Waals surface area contributed by atoms with Crippen molar-refractivity contribution in [3.05, 3.63) is 61.3 Å². The molecule has 46 heavy (non-hydrogen) atoms. The summed E-state index contributed by atoms with van der Waals surface area (Å²) >= 11 is 13.2. The third kappa shape index (κ3) is 4.40. The van der Waals surface area contributed by atoms with Crippen molar-refractivity contribution in [2.75, 3.05) is 12.0 Å². The van der Waals surface area contributed by atoms with Crippen LogP contribution in [0.15, 0.2) is 44.9 Å². The molecule has 5 aliphatic rings. The van der Waals surface area contributed by atoms with Crippen LogP contribution in [0.25, 0.3) is 0 Å². The number of allylic oxidation sites excluding steroid dienone is 2. The fourth-order valence-electron chi connectivity index (χ4n) is 8.93. The lowest BCUT2D eigenvalue weighted by Gasteiger charge is -2.49. The number of halogens is 4. The molecule has 2 saturated carbocycles. The van der Waals surface area contributed by atoms with Gasteiger partial charge in [-0.25, -0.2) is 9.29 Å². The van der Waals surface area contributed by atoms with Crippen molar-refractivity contribution < 1.29 is 33.4 Å². The Balaban J connectivity index is 1.40. The van der Waals surface area contributed by atoms with E-state index in [1.54, 1.807) is 13.0 Å². The van der Waals surface area contributed by atoms with Gasteiger partial charge in [-0.2, -0.15) is 0 Å². The van der Waals surface area contributed by atoms with Crippen LogP contribution >= 0.6 is 43.5 Å². The topological polar surface area (TPSA) is 104 Å². The second kappa shape index (κ2) is 11.4. The number of rotatable bonds is 4. The van der Waals surface area contributed by atoms with Crippen molar-refractivity contribution in [3.8, 4) is 11.5 Å². The number of likely N-dealkylation sites (tertiary alicyclic amines) is 1. The molecular formula is C34H32Br2ClFN2O6. The van der Waals surface area contributed by atoms with Gasteiger partial charge in [0.15, 0.2) is 11.5 Å². The molecule has 4 fully saturated rings. The van der Waals surface area contributed by atoms with E-state index in [9.17, 15) is 28.7 Å². The minimum atomic E-state index is -1.34. The van der Waals surface area contributed by atoms with Gasteiger partial charge in [-0.1, -0.05) is 42.5 Å². The molecule has 0 unspecified atom stereocenters. The first-order chi connectivity index (χ1) is 21.9. The van der Waals surface area contributed by atoms with Crippen LogP contribution in [0.1, 0.15) is 63.4 Å². The number of hydrogen-bond donors (Lipinski definition) is 1. The van der Waals surface area contributed by atoms with Gasteiger partial charge >= 0.3 is 0 Å². The van der Waals surface area contributed by atoms with Crippen LogP contribution in [0.4, 0.5) is 10.1 Å². The summed E-state index contributed by atoms with van der Waals surface area (Å²) in [6.07, 6.45) is 7.14. The van der Waals surface area contributed by atoms with E-state index in [-0.39, 0.29) is 46.5 Å². The van der Waals surface area contributed by atoms with Crippen molar-refractivity contribution in [2.45, 2.75) is 63.8 Å². The minimum absolute atomic E-state index is 0.118. The van der Waals surface area contributed by atoms with Crippen LogP contribution in [0.5, 0.6) is 11.5 Å². The van der Waals surface area contributed by atoms with Gasteiger partial charge in [-0.3, -0.25) is 24.1 Å². The molecule has 3 aliphatic carbocycles. The first-order valence-electron chi connectivity index (χ1n) is 15.6. The quantitative estimate of drug-likeness (QED) is 0.259. The molecule has 1 N–H and O–H groups in total.